The SMILES string of the molecule is CCCCN(CCCC)CCC(NC)c1cccc(Cl)c1. The van der Waals surface area contributed by atoms with Gasteiger partial charge in [-0.2, -0.15) is 0 Å². The molecule has 0 saturated carbocycles. The number of nitrogens with zero attached hydrogens (tertiary/aromatic N) is 1. The molecule has 2 nitrogen and oxygen atoms in total. The van der Waals surface area contributed by atoms with Gasteiger partial charge < -0.3 is 10.2 Å². The lowest BCUT2D eigenvalue weighted by atomic mass is 10.0. The highest BCUT2D eigenvalue weighted by molar-refractivity contribution is 6.30. The highest BCUT2D eigenvalue weighted by Crippen LogP contribution is 2.20. The molecule has 3 heteroatoms. The van der Waals surface area contributed by atoms with Gasteiger partial charge in [0.25, 0.3) is 0 Å². The third-order valence-electron chi connectivity index (χ3n) is 3.99. The Morgan fingerprint density at radius 3 is 2.29 bits per heavy atom. The first-order chi connectivity index (χ1) is 10.2. The van der Waals surface area contributed by atoms with E-state index in [0.29, 0.717) is 6.04 Å². The summed E-state index contributed by atoms with van der Waals surface area (Å²) >= 11 is 6.11. The minimum absolute atomic E-state index is 0.384. The fourth-order valence-corrected chi connectivity index (χ4v) is 2.81. The third kappa shape index (κ3) is 7.30. The van der Waals surface area contributed by atoms with Gasteiger partial charge in [-0.1, -0.05) is 50.4 Å². The number of unbranched alkanes of at least 4 members (excludes halogenated alkanes) is 2. The van der Waals surface area contributed by atoms with Gasteiger partial charge in [0.2, 0.25) is 0 Å². The molecular formula is C18H31ClN2. The zero-order valence-corrected chi connectivity index (χ0v) is 14.6. The molecule has 0 aromatic heterocycles. The van der Waals surface area contributed by atoms with E-state index in [0.717, 1.165) is 18.0 Å². The van der Waals surface area contributed by atoms with Crippen LogP contribution < -0.4 is 5.32 Å². The highest BCUT2D eigenvalue weighted by atomic mass is 35.5. The predicted octanol–water partition coefficient (Wildman–Crippen LogP) is 4.89. The van der Waals surface area contributed by atoms with Crippen molar-refractivity contribution in [1.82, 2.24) is 10.2 Å². The lowest BCUT2D eigenvalue weighted by Crippen LogP contribution is -2.30. The van der Waals surface area contributed by atoms with Crippen molar-refractivity contribution in [2.24, 2.45) is 0 Å². The van der Waals surface area contributed by atoms with Gasteiger partial charge in [-0.25, -0.2) is 0 Å². The zero-order chi connectivity index (χ0) is 15.5. The minimum atomic E-state index is 0.384. The molecule has 0 saturated heterocycles. The van der Waals surface area contributed by atoms with Crippen molar-refractivity contribution in [3.05, 3.63) is 34.9 Å². The minimum Gasteiger partial charge on any atom is -0.313 e. The molecule has 1 aromatic carbocycles. The van der Waals surface area contributed by atoms with Crippen LogP contribution in [0.5, 0.6) is 0 Å². The van der Waals surface area contributed by atoms with Crippen molar-refractivity contribution < 1.29 is 0 Å². The Bertz CT molecular complexity index is 373. The van der Waals surface area contributed by atoms with Gasteiger partial charge in [-0.05, 0) is 63.6 Å². The molecule has 0 amide bonds. The first-order valence-corrected chi connectivity index (χ1v) is 8.74. The molecule has 1 unspecified atom stereocenters. The lowest BCUT2D eigenvalue weighted by Gasteiger charge is -2.25. The van der Waals surface area contributed by atoms with Gasteiger partial charge in [0.1, 0.15) is 0 Å². The van der Waals surface area contributed by atoms with Crippen LogP contribution in [0.3, 0.4) is 0 Å². The topological polar surface area (TPSA) is 15.3 Å². The van der Waals surface area contributed by atoms with E-state index >= 15 is 0 Å². The second kappa shape index (κ2) is 11.1. The predicted molar refractivity (Wildman–Crippen MR) is 94.1 cm³/mol. The Balaban J connectivity index is 2.53. The molecule has 1 N–H and O–H groups in total. The zero-order valence-electron chi connectivity index (χ0n) is 13.9. The maximum Gasteiger partial charge on any atom is 0.0409 e. The van der Waals surface area contributed by atoms with Gasteiger partial charge in [0.05, 0.1) is 0 Å². The van der Waals surface area contributed by atoms with E-state index < -0.39 is 0 Å². The smallest absolute Gasteiger partial charge is 0.0409 e. The van der Waals surface area contributed by atoms with Crippen molar-refractivity contribution in [3.63, 3.8) is 0 Å². The molecule has 1 aromatic rings. The average molecular weight is 311 g/mol. The Hall–Kier alpha value is -0.570. The fraction of sp³-hybridized carbons (Fsp3) is 0.667. The van der Waals surface area contributed by atoms with Crippen LogP contribution in [0.4, 0.5) is 0 Å². The second-order valence-electron chi connectivity index (χ2n) is 5.73. The molecular weight excluding hydrogens is 280 g/mol. The molecule has 0 spiro atoms. The molecule has 0 heterocycles. The lowest BCUT2D eigenvalue weighted by molar-refractivity contribution is 0.251. The summed E-state index contributed by atoms with van der Waals surface area (Å²) in [5.74, 6) is 0. The molecule has 0 radical (unpaired) electrons. The summed E-state index contributed by atoms with van der Waals surface area (Å²) in [6, 6.07) is 8.59. The Kier molecular flexibility index (Phi) is 9.73. The summed E-state index contributed by atoms with van der Waals surface area (Å²) in [5, 5.41) is 4.25. The number of hydrogen-bond acceptors (Lipinski definition) is 2. The molecule has 0 aliphatic carbocycles. The monoisotopic (exact) mass is 310 g/mol. The van der Waals surface area contributed by atoms with Crippen LogP contribution in [-0.4, -0.2) is 31.6 Å². The second-order valence-corrected chi connectivity index (χ2v) is 6.17. The van der Waals surface area contributed by atoms with Crippen molar-refractivity contribution >= 4 is 11.6 Å². The molecule has 1 atom stereocenters. The van der Waals surface area contributed by atoms with Crippen molar-refractivity contribution in [2.45, 2.75) is 52.0 Å². The van der Waals surface area contributed by atoms with Crippen LogP contribution in [0.25, 0.3) is 0 Å². The highest BCUT2D eigenvalue weighted by Gasteiger charge is 2.12. The molecule has 0 aliphatic heterocycles. The number of halogens is 1. The Morgan fingerprint density at radius 2 is 1.76 bits per heavy atom. The molecule has 1 rings (SSSR count). The van der Waals surface area contributed by atoms with E-state index in [-0.39, 0.29) is 0 Å². The summed E-state index contributed by atoms with van der Waals surface area (Å²) in [5.41, 5.74) is 1.29. The fourth-order valence-electron chi connectivity index (χ4n) is 2.61. The van der Waals surface area contributed by atoms with Gasteiger partial charge in [-0.15, -0.1) is 0 Å². The average Bonchev–Trinajstić information content (AvgIpc) is 2.50. The van der Waals surface area contributed by atoms with Gasteiger partial charge >= 0.3 is 0 Å². The number of hydrogen-bond donors (Lipinski definition) is 1. The van der Waals surface area contributed by atoms with Crippen LogP contribution in [0, 0.1) is 0 Å². The van der Waals surface area contributed by atoms with E-state index in [1.807, 2.05) is 19.2 Å². The molecule has 21 heavy (non-hydrogen) atoms. The van der Waals surface area contributed by atoms with E-state index in [9.17, 15) is 0 Å². The van der Waals surface area contributed by atoms with E-state index in [4.69, 9.17) is 11.6 Å². The molecule has 0 bridgehead atoms. The van der Waals surface area contributed by atoms with Gasteiger partial charge in [0, 0.05) is 11.1 Å². The van der Waals surface area contributed by atoms with Gasteiger partial charge in [0.15, 0.2) is 0 Å². The number of rotatable bonds is 11. The van der Waals surface area contributed by atoms with E-state index in [1.165, 1.54) is 44.3 Å². The summed E-state index contributed by atoms with van der Waals surface area (Å²) in [6.45, 7) is 8.13. The van der Waals surface area contributed by atoms with Crippen molar-refractivity contribution in [1.29, 1.82) is 0 Å². The summed E-state index contributed by atoms with van der Waals surface area (Å²) in [7, 11) is 2.04. The molecule has 120 valence electrons. The maximum atomic E-state index is 6.11. The van der Waals surface area contributed by atoms with Crippen LogP contribution >= 0.6 is 11.6 Å². The Labute approximate surface area is 135 Å². The largest absolute Gasteiger partial charge is 0.313 e. The standard InChI is InChI=1S/C18H31ClN2/c1-4-6-12-21(13-7-5-2)14-11-18(20-3)16-9-8-10-17(19)15-16/h8-10,15,18,20H,4-7,11-14H2,1-3H3. The van der Waals surface area contributed by atoms with Crippen LogP contribution in [-0.2, 0) is 0 Å². The van der Waals surface area contributed by atoms with E-state index in [1.54, 1.807) is 0 Å². The first kappa shape index (κ1) is 18.5. The summed E-state index contributed by atoms with van der Waals surface area (Å²) in [6.07, 6.45) is 6.26. The van der Waals surface area contributed by atoms with Gasteiger partial charge in [-0.3, -0.25) is 0 Å². The van der Waals surface area contributed by atoms with Crippen LogP contribution in [0.15, 0.2) is 24.3 Å². The van der Waals surface area contributed by atoms with E-state index in [2.05, 4.69) is 36.2 Å². The van der Waals surface area contributed by atoms with Crippen LogP contribution in [0.2, 0.25) is 5.02 Å². The van der Waals surface area contributed by atoms with Crippen LogP contribution in [0.1, 0.15) is 57.6 Å². The summed E-state index contributed by atoms with van der Waals surface area (Å²) < 4.78 is 0. The third-order valence-corrected chi connectivity index (χ3v) is 4.22. The molecule has 0 aliphatic rings. The normalized spacial score (nSPS) is 12.8. The van der Waals surface area contributed by atoms with Crippen molar-refractivity contribution in [3.8, 4) is 0 Å². The number of benzene rings is 1. The quantitative estimate of drug-likeness (QED) is 0.626. The Morgan fingerprint density at radius 1 is 1.10 bits per heavy atom. The number of nitrogens with one attached hydrogen (secondary N) is 1. The maximum absolute atomic E-state index is 6.11. The summed E-state index contributed by atoms with van der Waals surface area (Å²) in [4.78, 5) is 2.61. The molecule has 0 fully saturated rings. The van der Waals surface area contributed by atoms with Crippen molar-refractivity contribution in [2.75, 3.05) is 26.7 Å². The first-order valence-electron chi connectivity index (χ1n) is 8.36.